The van der Waals surface area contributed by atoms with Gasteiger partial charge in [0.1, 0.15) is 23.6 Å². The molecule has 0 unspecified atom stereocenters. The van der Waals surface area contributed by atoms with E-state index in [-0.39, 0.29) is 42.1 Å². The van der Waals surface area contributed by atoms with Crippen LogP contribution in [0, 0.1) is 16.2 Å². The maximum Gasteiger partial charge on any atom is 0.161 e. The summed E-state index contributed by atoms with van der Waals surface area (Å²) in [5, 5.41) is 0. The number of hydrogen-bond donors (Lipinski definition) is 0. The molecule has 0 N–H and O–H groups in total. The van der Waals surface area contributed by atoms with Crippen molar-refractivity contribution in [3.8, 4) is 0 Å². The number of hydrogen-bond acceptors (Lipinski definition) is 6. The first-order valence-corrected chi connectivity index (χ1v) is 19.4. The second-order valence-corrected chi connectivity index (χ2v) is 18.7. The zero-order valence-electron chi connectivity index (χ0n) is 41.7. The first-order valence-electron chi connectivity index (χ1n) is 19.4. The van der Waals surface area contributed by atoms with Gasteiger partial charge in [-0.25, -0.2) is 0 Å². The van der Waals surface area contributed by atoms with Crippen molar-refractivity contribution in [1.82, 2.24) is 0 Å². The lowest BCUT2D eigenvalue weighted by atomic mass is 9.91. The van der Waals surface area contributed by atoms with Crippen LogP contribution in [0.4, 0.5) is 96.4 Å². The van der Waals surface area contributed by atoms with E-state index in [0.29, 0.717) is 36.1 Å². The van der Waals surface area contributed by atoms with E-state index in [9.17, 15) is 9.59 Å². The number of halogens is 21. The number of allylic oxidation sites excluding steroid dienone is 5. The number of carbonyl (C=O) groups excluding carboxylic acids is 2. The van der Waals surface area contributed by atoms with Crippen LogP contribution in [0.15, 0.2) is 61.3 Å². The van der Waals surface area contributed by atoms with Crippen molar-refractivity contribution in [3.05, 3.63) is 61.3 Å². The van der Waals surface area contributed by atoms with Crippen LogP contribution in [0.25, 0.3) is 0 Å². The lowest BCUT2D eigenvalue weighted by molar-refractivity contribution is -0.124. The van der Waals surface area contributed by atoms with Crippen LogP contribution < -0.4 is 0 Å². The lowest BCUT2D eigenvalue weighted by Gasteiger charge is -2.16. The molecule has 2 saturated carbocycles. The number of ether oxygens (including phenoxy) is 4. The minimum Gasteiger partial charge on any atom is -0.498 e. The average molecular weight is 1090 g/mol. The molecule has 4 aliphatic heterocycles. The smallest absolute Gasteiger partial charge is 0.161 e. The summed E-state index contributed by atoms with van der Waals surface area (Å²) in [7, 11) is 0. The van der Waals surface area contributed by atoms with Gasteiger partial charge in [-0.2, -0.15) is 0 Å². The first kappa shape index (κ1) is 95.6. The Balaban J connectivity index is -0.0000000537. The molecule has 0 atom stereocenters. The highest BCUT2D eigenvalue weighted by atomic mass is 20.0. The Morgan fingerprint density at radius 1 is 0.414 bits per heavy atom. The molecule has 0 radical (unpaired) electrons. The fourth-order valence-corrected chi connectivity index (χ4v) is 6.27. The van der Waals surface area contributed by atoms with Crippen LogP contribution in [0.3, 0.4) is 0 Å². The van der Waals surface area contributed by atoms with E-state index in [1.54, 1.807) is 0 Å². The van der Waals surface area contributed by atoms with Crippen LogP contribution in [-0.4, -0.2) is 41.6 Å². The number of rotatable bonds is 0. The molecule has 2 aliphatic carbocycles. The molecule has 0 amide bonds. The van der Waals surface area contributed by atoms with Gasteiger partial charge in [0, 0.05) is 125 Å². The van der Waals surface area contributed by atoms with Gasteiger partial charge in [-0.05, 0) is 85.5 Å². The third-order valence-electron chi connectivity index (χ3n) is 9.18. The summed E-state index contributed by atoms with van der Waals surface area (Å²) in [6.45, 7) is 45.2. The van der Waals surface area contributed by atoms with Crippen LogP contribution in [0.5, 0.6) is 0 Å². The predicted octanol–water partition coefficient (Wildman–Crippen LogP) is 19.6. The van der Waals surface area contributed by atoms with E-state index < -0.39 is 0 Å². The first-order chi connectivity index (χ1) is 31.0. The minimum absolute atomic E-state index is 0. The third-order valence-corrected chi connectivity index (χ3v) is 9.18. The van der Waals surface area contributed by atoms with E-state index in [2.05, 4.69) is 88.3 Å². The van der Waals surface area contributed by atoms with Gasteiger partial charge in [-0.1, -0.05) is 85.6 Å². The van der Waals surface area contributed by atoms with E-state index in [1.165, 1.54) is 24.8 Å². The zero-order valence-corrected chi connectivity index (χ0v) is 41.7. The van der Waals surface area contributed by atoms with Crippen LogP contribution in [0.1, 0.15) is 154 Å². The summed E-state index contributed by atoms with van der Waals surface area (Å²) >= 11 is 0. The van der Waals surface area contributed by atoms with Crippen molar-refractivity contribution < 1.29 is 125 Å². The van der Waals surface area contributed by atoms with E-state index in [4.69, 9.17) is 101 Å². The molecule has 4 heterocycles. The van der Waals surface area contributed by atoms with Gasteiger partial charge in [0.25, 0.3) is 0 Å². The second-order valence-electron chi connectivity index (χ2n) is 18.7. The van der Waals surface area contributed by atoms with Gasteiger partial charge in [0.2, 0.25) is 0 Å². The maximum atomic E-state index is 11.0. The minimum atomic E-state index is -0.183. The SMILES string of the molecule is C=C1CC(=O)C(C)(C)C1.C=C1CC(C)(C)CO1.C=C1CCC(C)(C)C1.C=C1CCC(C)(C)O1.C=C1CCC(C)(C)O1.CC1(C)CC(=O)CO1.F.F.F.FF.FF.FF.FF.FF.FF.FF.FF.FF. The molecule has 6 rings (SSSR count). The van der Waals surface area contributed by atoms with Crippen LogP contribution in [-0.2, 0) is 28.5 Å². The number of Topliss-reactive ketones (excluding diaryl/α,β-unsaturated/α-hetero) is 2. The van der Waals surface area contributed by atoms with Crippen molar-refractivity contribution in [2.24, 2.45) is 16.2 Å². The molecule has 430 valence electrons. The topological polar surface area (TPSA) is 71.1 Å². The Hall–Kier alpha value is -4.07. The summed E-state index contributed by atoms with van der Waals surface area (Å²) in [4.78, 5) is 21.6. The Morgan fingerprint density at radius 2 is 0.771 bits per heavy atom. The van der Waals surface area contributed by atoms with E-state index in [1.807, 2.05) is 27.7 Å². The molecule has 70 heavy (non-hydrogen) atoms. The molecule has 4 saturated heterocycles. The van der Waals surface area contributed by atoms with Gasteiger partial charge < -0.3 is 18.9 Å². The maximum absolute atomic E-state index is 11.0. The Morgan fingerprint density at radius 3 is 0.843 bits per heavy atom. The van der Waals surface area contributed by atoms with Gasteiger partial charge >= 0.3 is 0 Å². The molecule has 6 fully saturated rings. The molecular formula is C43H75F21O6. The molecule has 0 spiro atoms. The fraction of sp³-hybridized carbons (Fsp3) is 0.721. The summed E-state index contributed by atoms with van der Waals surface area (Å²) in [6.07, 6.45) is 11.2. The monoisotopic (exact) mass is 1090 g/mol. The fourth-order valence-electron chi connectivity index (χ4n) is 6.27. The number of carbonyl (C=O) groups is 2. The summed E-state index contributed by atoms with van der Waals surface area (Å²) < 4.78 is 165. The van der Waals surface area contributed by atoms with Gasteiger partial charge in [0.05, 0.1) is 29.5 Å². The van der Waals surface area contributed by atoms with Crippen molar-refractivity contribution in [2.45, 2.75) is 171 Å². The summed E-state index contributed by atoms with van der Waals surface area (Å²) in [5.41, 5.74) is 3.27. The number of ketones is 2. The molecule has 6 nitrogen and oxygen atoms in total. The van der Waals surface area contributed by atoms with Crippen LogP contribution >= 0.6 is 0 Å². The molecular weight excluding hydrogens is 1010 g/mol. The standard InChI is InChI=1S/C8H12O.C8H14.3C7H12O.C6H10O2.9F2.3FH/c1-6-4-7(9)8(2,3)5-6;1-7-4-5-8(2,3)6-7;1-6-4-7(2,3)5-8-6;2*1-6-4-5-7(2,3)8-6;1-6(2)3-5(7)4-8-6;9*1-2;;;/h1,4-5H2,2-3H3;1,4-6H2,2-3H3;3*1,4-5H2,2-3H3;3-4H2,1-2H3;;;;;;;;;;3*1H. The van der Waals surface area contributed by atoms with E-state index >= 15 is 0 Å². The predicted molar refractivity (Wildman–Crippen MR) is 232 cm³/mol. The van der Waals surface area contributed by atoms with Gasteiger partial charge in [-0.15, -0.1) is 0 Å². The third kappa shape index (κ3) is 58.2. The highest BCUT2D eigenvalue weighted by Gasteiger charge is 2.34. The van der Waals surface area contributed by atoms with Crippen LogP contribution in [0.2, 0.25) is 0 Å². The highest BCUT2D eigenvalue weighted by molar-refractivity contribution is 5.89. The second kappa shape index (κ2) is 54.3. The van der Waals surface area contributed by atoms with Crippen molar-refractivity contribution >= 4 is 11.6 Å². The Labute approximate surface area is 397 Å². The summed E-state index contributed by atoms with van der Waals surface area (Å²) in [6, 6.07) is 0. The van der Waals surface area contributed by atoms with Crippen molar-refractivity contribution in [1.29, 1.82) is 0 Å². The Bertz CT molecular complexity index is 1110. The molecule has 6 aliphatic rings. The molecule has 0 aromatic carbocycles. The van der Waals surface area contributed by atoms with E-state index in [0.717, 1.165) is 68.0 Å². The lowest BCUT2D eigenvalue weighted by Crippen LogP contribution is -2.16. The largest absolute Gasteiger partial charge is 0.498 e. The Kier molecular flexibility index (Phi) is 74.1. The molecule has 0 bridgehead atoms. The molecule has 0 aromatic rings. The quantitative estimate of drug-likeness (QED) is 0.178. The van der Waals surface area contributed by atoms with Crippen molar-refractivity contribution in [3.63, 3.8) is 0 Å². The average Bonchev–Trinajstić information content (AvgIpc) is 4.11. The van der Waals surface area contributed by atoms with Crippen molar-refractivity contribution in [2.75, 3.05) is 13.2 Å². The van der Waals surface area contributed by atoms with Gasteiger partial charge in [-0.3, -0.25) is 23.7 Å². The highest BCUT2D eigenvalue weighted by Crippen LogP contribution is 2.39. The summed E-state index contributed by atoms with van der Waals surface area (Å²) in [5.74, 6) is 3.38. The molecule has 27 heteroatoms. The normalized spacial score (nSPS) is 18.8. The zero-order chi connectivity index (χ0) is 56.1. The molecule has 0 aromatic heterocycles. The van der Waals surface area contributed by atoms with Gasteiger partial charge in [0.15, 0.2) is 5.78 Å².